The second kappa shape index (κ2) is 7.08. The summed E-state index contributed by atoms with van der Waals surface area (Å²) in [5.41, 5.74) is 0. The molecule has 1 aromatic carbocycles. The van der Waals surface area contributed by atoms with Gasteiger partial charge >= 0.3 is 11.9 Å². The monoisotopic (exact) mass is 293 g/mol. The zero-order chi connectivity index (χ0) is 15.2. The molecule has 1 fully saturated rings. The number of nitrogens with zero attached hydrogens (tertiary/aromatic N) is 1. The van der Waals surface area contributed by atoms with E-state index in [1.165, 1.54) is 0 Å². The first-order valence-electron chi connectivity index (χ1n) is 6.97. The van der Waals surface area contributed by atoms with Crippen LogP contribution in [0.5, 0.6) is 11.5 Å². The molecule has 6 heteroatoms. The van der Waals surface area contributed by atoms with Crippen molar-refractivity contribution in [2.75, 3.05) is 26.2 Å². The van der Waals surface area contributed by atoms with Crippen LogP contribution in [0.25, 0.3) is 0 Å². The Morgan fingerprint density at radius 1 is 1.29 bits per heavy atom. The van der Waals surface area contributed by atoms with Crippen molar-refractivity contribution in [2.45, 2.75) is 13.3 Å². The number of esters is 1. The largest absolute Gasteiger partial charge is 0.494 e. The minimum atomic E-state index is -0.808. The van der Waals surface area contributed by atoms with E-state index in [4.69, 9.17) is 14.6 Å². The molecule has 0 radical (unpaired) electrons. The molecule has 1 aliphatic heterocycles. The van der Waals surface area contributed by atoms with E-state index in [0.29, 0.717) is 31.9 Å². The number of ether oxygens (including phenoxy) is 2. The van der Waals surface area contributed by atoms with Gasteiger partial charge in [-0.2, -0.15) is 0 Å². The Morgan fingerprint density at radius 2 is 1.95 bits per heavy atom. The van der Waals surface area contributed by atoms with Gasteiger partial charge in [-0.1, -0.05) is 0 Å². The highest BCUT2D eigenvalue weighted by Crippen LogP contribution is 2.19. The van der Waals surface area contributed by atoms with Gasteiger partial charge < -0.3 is 14.6 Å². The fraction of sp³-hybridized carbons (Fsp3) is 0.467. The van der Waals surface area contributed by atoms with Crippen molar-refractivity contribution < 1.29 is 24.2 Å². The van der Waals surface area contributed by atoms with Crippen LogP contribution in [-0.4, -0.2) is 48.2 Å². The zero-order valence-corrected chi connectivity index (χ0v) is 11.9. The lowest BCUT2D eigenvalue weighted by Gasteiger charge is -2.14. The summed E-state index contributed by atoms with van der Waals surface area (Å²) >= 11 is 0. The van der Waals surface area contributed by atoms with Crippen LogP contribution in [0.1, 0.15) is 13.3 Å². The predicted octanol–water partition coefficient (Wildman–Crippen LogP) is 1.40. The molecule has 6 nitrogen and oxygen atoms in total. The summed E-state index contributed by atoms with van der Waals surface area (Å²) in [6.07, 6.45) is 0.575. The molecule has 0 bridgehead atoms. The van der Waals surface area contributed by atoms with Crippen LogP contribution in [0.2, 0.25) is 0 Å². The van der Waals surface area contributed by atoms with Gasteiger partial charge in [0.1, 0.15) is 11.5 Å². The molecular formula is C15H19NO5. The van der Waals surface area contributed by atoms with E-state index in [1.807, 2.05) is 6.92 Å². The summed E-state index contributed by atoms with van der Waals surface area (Å²) in [6, 6.07) is 6.82. The lowest BCUT2D eigenvalue weighted by molar-refractivity contribution is -0.142. The highest BCUT2D eigenvalue weighted by Gasteiger charge is 2.29. The van der Waals surface area contributed by atoms with E-state index < -0.39 is 5.97 Å². The molecule has 1 aromatic rings. The number of carboxylic acid groups (broad SMARTS) is 1. The van der Waals surface area contributed by atoms with E-state index in [9.17, 15) is 9.59 Å². The SMILES string of the molecule is CCOc1ccc(OC(=O)CN2CCC(C(=O)O)C2)cc1. The molecular weight excluding hydrogens is 274 g/mol. The van der Waals surface area contributed by atoms with Crippen LogP contribution in [0.15, 0.2) is 24.3 Å². The maximum Gasteiger partial charge on any atom is 0.325 e. The maximum atomic E-state index is 11.8. The maximum absolute atomic E-state index is 11.8. The normalized spacial score (nSPS) is 18.4. The molecule has 1 atom stereocenters. The molecule has 0 spiro atoms. The third kappa shape index (κ3) is 4.46. The number of hydrogen-bond donors (Lipinski definition) is 1. The number of carboxylic acids is 1. The van der Waals surface area contributed by atoms with Crippen LogP contribution in [0, 0.1) is 5.92 Å². The first kappa shape index (κ1) is 15.3. The van der Waals surface area contributed by atoms with Crippen LogP contribution in [0.3, 0.4) is 0 Å². The third-order valence-electron chi connectivity index (χ3n) is 3.34. The summed E-state index contributed by atoms with van der Waals surface area (Å²) in [5, 5.41) is 8.92. The van der Waals surface area contributed by atoms with Crippen molar-refractivity contribution in [1.82, 2.24) is 4.90 Å². The van der Waals surface area contributed by atoms with Crippen molar-refractivity contribution in [2.24, 2.45) is 5.92 Å². The van der Waals surface area contributed by atoms with Gasteiger partial charge in [-0.05, 0) is 44.2 Å². The van der Waals surface area contributed by atoms with Crippen molar-refractivity contribution in [3.05, 3.63) is 24.3 Å². The first-order valence-corrected chi connectivity index (χ1v) is 6.97. The van der Waals surface area contributed by atoms with Gasteiger partial charge in [0.2, 0.25) is 0 Å². The molecule has 0 saturated carbocycles. The van der Waals surface area contributed by atoms with Crippen LogP contribution >= 0.6 is 0 Å². The number of carbonyl (C=O) groups excluding carboxylic acids is 1. The quantitative estimate of drug-likeness (QED) is 0.631. The van der Waals surface area contributed by atoms with Gasteiger partial charge in [0.25, 0.3) is 0 Å². The molecule has 1 unspecified atom stereocenters. The van der Waals surface area contributed by atoms with Crippen molar-refractivity contribution >= 4 is 11.9 Å². The summed E-state index contributed by atoms with van der Waals surface area (Å²) in [5.74, 6) is -0.399. The number of aliphatic carboxylic acids is 1. The lowest BCUT2D eigenvalue weighted by atomic mass is 10.1. The fourth-order valence-corrected chi connectivity index (χ4v) is 2.29. The molecule has 1 N–H and O–H groups in total. The number of rotatable bonds is 6. The highest BCUT2D eigenvalue weighted by atomic mass is 16.5. The van der Waals surface area contributed by atoms with Gasteiger partial charge in [-0.25, -0.2) is 0 Å². The first-order chi connectivity index (χ1) is 10.1. The van der Waals surface area contributed by atoms with Crippen LogP contribution in [0.4, 0.5) is 0 Å². The van der Waals surface area contributed by atoms with Crippen LogP contribution in [-0.2, 0) is 9.59 Å². The van der Waals surface area contributed by atoms with Gasteiger partial charge in [-0.15, -0.1) is 0 Å². The Labute approximate surface area is 123 Å². The van der Waals surface area contributed by atoms with E-state index in [1.54, 1.807) is 29.2 Å². The molecule has 114 valence electrons. The molecule has 1 heterocycles. The Bertz CT molecular complexity index is 499. The average molecular weight is 293 g/mol. The van der Waals surface area contributed by atoms with Gasteiger partial charge in [0, 0.05) is 6.54 Å². The second-order valence-electron chi connectivity index (χ2n) is 4.94. The van der Waals surface area contributed by atoms with Gasteiger partial charge in [0.05, 0.1) is 19.1 Å². The minimum absolute atomic E-state index is 0.108. The molecule has 1 saturated heterocycles. The number of benzene rings is 1. The Balaban J connectivity index is 1.80. The summed E-state index contributed by atoms with van der Waals surface area (Å²) in [7, 11) is 0. The van der Waals surface area contributed by atoms with Crippen molar-refractivity contribution in [1.29, 1.82) is 0 Å². The molecule has 1 aliphatic rings. The number of hydrogen-bond acceptors (Lipinski definition) is 5. The lowest BCUT2D eigenvalue weighted by Crippen LogP contribution is -2.31. The molecule has 2 rings (SSSR count). The number of likely N-dealkylation sites (tertiary alicyclic amines) is 1. The van der Waals surface area contributed by atoms with E-state index in [2.05, 4.69) is 0 Å². The van der Waals surface area contributed by atoms with Gasteiger partial charge in [0.15, 0.2) is 0 Å². The third-order valence-corrected chi connectivity index (χ3v) is 3.34. The zero-order valence-electron chi connectivity index (χ0n) is 11.9. The Kier molecular flexibility index (Phi) is 5.16. The molecule has 0 amide bonds. The second-order valence-corrected chi connectivity index (χ2v) is 4.94. The topological polar surface area (TPSA) is 76.1 Å². The van der Waals surface area contributed by atoms with Crippen molar-refractivity contribution in [3.63, 3.8) is 0 Å². The van der Waals surface area contributed by atoms with E-state index >= 15 is 0 Å². The Hall–Kier alpha value is -2.08. The number of carbonyl (C=O) groups is 2. The molecule has 21 heavy (non-hydrogen) atoms. The molecule has 0 aromatic heterocycles. The highest BCUT2D eigenvalue weighted by molar-refractivity contribution is 5.75. The summed E-state index contributed by atoms with van der Waals surface area (Å²) in [4.78, 5) is 24.5. The Morgan fingerprint density at radius 3 is 2.52 bits per heavy atom. The average Bonchev–Trinajstić information content (AvgIpc) is 2.90. The van der Waals surface area contributed by atoms with Gasteiger partial charge in [-0.3, -0.25) is 14.5 Å². The predicted molar refractivity (Wildman–Crippen MR) is 75.4 cm³/mol. The standard InChI is InChI=1S/C15H19NO5/c1-2-20-12-3-5-13(6-4-12)21-14(17)10-16-8-7-11(9-16)15(18)19/h3-6,11H,2,7-10H2,1H3,(H,18,19). The summed E-state index contributed by atoms with van der Waals surface area (Å²) in [6.45, 7) is 3.59. The van der Waals surface area contributed by atoms with Crippen LogP contribution < -0.4 is 9.47 Å². The van der Waals surface area contributed by atoms with E-state index in [0.717, 1.165) is 5.75 Å². The summed E-state index contributed by atoms with van der Waals surface area (Å²) < 4.78 is 10.5. The smallest absolute Gasteiger partial charge is 0.325 e. The molecule has 0 aliphatic carbocycles. The minimum Gasteiger partial charge on any atom is -0.494 e. The van der Waals surface area contributed by atoms with Crippen molar-refractivity contribution in [3.8, 4) is 11.5 Å². The van der Waals surface area contributed by atoms with E-state index in [-0.39, 0.29) is 18.4 Å². The fourth-order valence-electron chi connectivity index (χ4n) is 2.29.